The lowest BCUT2D eigenvalue weighted by atomic mass is 9.93. The zero-order valence-electron chi connectivity index (χ0n) is 21.1. The highest BCUT2D eigenvalue weighted by Gasteiger charge is 2.34. The van der Waals surface area contributed by atoms with Crippen molar-refractivity contribution < 1.29 is 28.2 Å². The molecule has 3 aromatic rings. The van der Waals surface area contributed by atoms with Crippen molar-refractivity contribution in [2.24, 2.45) is 0 Å². The number of fused-ring (bicyclic) bond motifs is 1. The summed E-state index contributed by atoms with van der Waals surface area (Å²) < 4.78 is 38.7. The number of hydrogen-bond donors (Lipinski definition) is 1. The number of alkyl halides is 2. The van der Waals surface area contributed by atoms with Gasteiger partial charge < -0.3 is 14.6 Å². The minimum absolute atomic E-state index is 0.0963. The van der Waals surface area contributed by atoms with Crippen molar-refractivity contribution in [1.29, 1.82) is 0 Å². The smallest absolute Gasteiger partial charge is 0.290 e. The van der Waals surface area contributed by atoms with Crippen molar-refractivity contribution in [2.75, 3.05) is 27.3 Å². The number of carboxylic acid groups (broad SMARTS) is 1. The summed E-state index contributed by atoms with van der Waals surface area (Å²) in [6.07, 6.45) is -0.193. The molecule has 7 heteroatoms. The van der Waals surface area contributed by atoms with Gasteiger partial charge >= 0.3 is 0 Å². The van der Waals surface area contributed by atoms with Crippen molar-refractivity contribution in [2.45, 2.75) is 46.1 Å². The second-order valence-electron chi connectivity index (χ2n) is 8.05. The summed E-state index contributed by atoms with van der Waals surface area (Å²) >= 11 is 0. The lowest BCUT2D eigenvalue weighted by Crippen LogP contribution is -2.38. The van der Waals surface area contributed by atoms with Crippen LogP contribution in [0, 0.1) is 6.92 Å². The standard InChI is InChI=1S/C25H27F2NO2.C2H6.CH2O2/c1-17-6-4-8-20-19(17)7-5-9-21(20)23-22(29-2)11-10-18(24(23)30-3)16-28-14-12-25(26,27)13-15-28;1-2;2-1-3/h4-11H,12-16H2,1-3H3;1-2H3;1H,(H,2,3). The number of nitrogens with zero attached hydrogens (tertiary/aromatic N) is 1. The lowest BCUT2D eigenvalue weighted by Gasteiger charge is -2.32. The summed E-state index contributed by atoms with van der Waals surface area (Å²) in [4.78, 5) is 10.4. The molecule has 1 N–H and O–H groups in total. The Labute approximate surface area is 206 Å². The minimum Gasteiger partial charge on any atom is -0.496 e. The lowest BCUT2D eigenvalue weighted by molar-refractivity contribution is -0.122. The van der Waals surface area contributed by atoms with E-state index >= 15 is 0 Å². The number of methoxy groups -OCH3 is 2. The van der Waals surface area contributed by atoms with Crippen LogP contribution in [0.3, 0.4) is 0 Å². The molecule has 0 unspecified atom stereocenters. The van der Waals surface area contributed by atoms with Gasteiger partial charge in [-0.2, -0.15) is 0 Å². The largest absolute Gasteiger partial charge is 0.496 e. The van der Waals surface area contributed by atoms with Crippen LogP contribution in [-0.2, 0) is 11.3 Å². The molecule has 0 atom stereocenters. The second kappa shape index (κ2) is 13.0. The molecule has 0 amide bonds. The summed E-state index contributed by atoms with van der Waals surface area (Å²) in [6.45, 7) is 7.18. The quantitative estimate of drug-likeness (QED) is 0.402. The molecule has 35 heavy (non-hydrogen) atoms. The van der Waals surface area contributed by atoms with Crippen LogP contribution >= 0.6 is 0 Å². The van der Waals surface area contributed by atoms with Crippen molar-refractivity contribution in [1.82, 2.24) is 4.90 Å². The van der Waals surface area contributed by atoms with E-state index in [1.807, 2.05) is 32.0 Å². The van der Waals surface area contributed by atoms with Gasteiger partial charge in [0.25, 0.3) is 12.4 Å². The Morgan fingerprint density at radius 3 is 2.17 bits per heavy atom. The molecule has 0 bridgehead atoms. The van der Waals surface area contributed by atoms with Gasteiger partial charge in [0.15, 0.2) is 0 Å². The SMILES string of the molecule is CC.COc1ccc(CN2CCC(F)(F)CC2)c(OC)c1-c1cccc2c(C)cccc12.O=CO. The predicted octanol–water partition coefficient (Wildman–Crippen LogP) is 6.79. The van der Waals surface area contributed by atoms with Gasteiger partial charge in [-0.15, -0.1) is 0 Å². The number of piperidine rings is 1. The fourth-order valence-corrected chi connectivity index (χ4v) is 4.35. The topological polar surface area (TPSA) is 59.0 Å². The van der Waals surface area contributed by atoms with Crippen LogP contribution in [0.25, 0.3) is 21.9 Å². The number of carbonyl (C=O) groups is 1. The first-order valence-corrected chi connectivity index (χ1v) is 11.8. The van der Waals surface area contributed by atoms with Gasteiger partial charge in [-0.25, -0.2) is 8.78 Å². The third-order valence-electron chi connectivity index (χ3n) is 6.02. The monoisotopic (exact) mass is 487 g/mol. The van der Waals surface area contributed by atoms with Crippen molar-refractivity contribution in [3.05, 3.63) is 59.7 Å². The fraction of sp³-hybridized carbons (Fsp3) is 0.393. The average molecular weight is 488 g/mol. The average Bonchev–Trinajstić information content (AvgIpc) is 2.86. The molecule has 1 saturated heterocycles. The van der Waals surface area contributed by atoms with Crippen LogP contribution in [0.2, 0.25) is 0 Å². The van der Waals surface area contributed by atoms with E-state index in [-0.39, 0.29) is 19.3 Å². The van der Waals surface area contributed by atoms with E-state index < -0.39 is 5.92 Å². The van der Waals surface area contributed by atoms with Gasteiger partial charge in [0.05, 0.1) is 19.8 Å². The van der Waals surface area contributed by atoms with Gasteiger partial charge in [-0.1, -0.05) is 56.3 Å². The minimum atomic E-state index is -2.55. The number of halogens is 2. The van der Waals surface area contributed by atoms with Crippen LogP contribution in [0.5, 0.6) is 11.5 Å². The van der Waals surface area contributed by atoms with E-state index in [0.29, 0.717) is 19.6 Å². The van der Waals surface area contributed by atoms with Gasteiger partial charge in [-0.3, -0.25) is 9.69 Å². The number of likely N-dealkylation sites (tertiary alicyclic amines) is 1. The Hall–Kier alpha value is -3.19. The Bertz CT molecular complexity index is 1110. The van der Waals surface area contributed by atoms with E-state index in [1.54, 1.807) is 14.2 Å². The molecule has 0 radical (unpaired) electrons. The Kier molecular flexibility index (Phi) is 10.5. The van der Waals surface area contributed by atoms with Crippen molar-refractivity contribution in [3.63, 3.8) is 0 Å². The number of benzene rings is 3. The summed E-state index contributed by atoms with van der Waals surface area (Å²) in [7, 11) is 3.31. The van der Waals surface area contributed by atoms with Crippen LogP contribution in [0.1, 0.15) is 37.8 Å². The molecule has 5 nitrogen and oxygen atoms in total. The first-order valence-electron chi connectivity index (χ1n) is 11.8. The molecule has 0 aliphatic carbocycles. The zero-order valence-corrected chi connectivity index (χ0v) is 21.1. The molecular weight excluding hydrogens is 452 g/mol. The Balaban J connectivity index is 0.000000803. The highest BCUT2D eigenvalue weighted by molar-refractivity contribution is 6.01. The second-order valence-corrected chi connectivity index (χ2v) is 8.05. The van der Waals surface area contributed by atoms with Crippen molar-refractivity contribution in [3.8, 4) is 22.6 Å². The third kappa shape index (κ3) is 6.69. The third-order valence-corrected chi connectivity index (χ3v) is 6.02. The maximum Gasteiger partial charge on any atom is 0.290 e. The number of ether oxygens (including phenoxy) is 2. The van der Waals surface area contributed by atoms with Gasteiger partial charge in [0, 0.05) is 38.0 Å². The zero-order chi connectivity index (χ0) is 26.0. The summed E-state index contributed by atoms with van der Waals surface area (Å²) in [6, 6.07) is 16.4. The van der Waals surface area contributed by atoms with E-state index in [2.05, 4.69) is 42.2 Å². The molecule has 1 aliphatic heterocycles. The van der Waals surface area contributed by atoms with Crippen molar-refractivity contribution >= 4 is 17.2 Å². The van der Waals surface area contributed by atoms with E-state index in [9.17, 15) is 8.78 Å². The van der Waals surface area contributed by atoms with Crippen LogP contribution in [0.4, 0.5) is 8.78 Å². The summed E-state index contributed by atoms with van der Waals surface area (Å²) in [5, 5.41) is 9.20. The number of hydrogen-bond acceptors (Lipinski definition) is 4. The molecule has 1 aliphatic rings. The normalized spacial score (nSPS) is 14.7. The first kappa shape index (κ1) is 28.1. The predicted molar refractivity (Wildman–Crippen MR) is 137 cm³/mol. The van der Waals surface area contributed by atoms with Gasteiger partial charge in [0.2, 0.25) is 0 Å². The van der Waals surface area contributed by atoms with Gasteiger partial charge in [0.1, 0.15) is 11.5 Å². The highest BCUT2D eigenvalue weighted by atomic mass is 19.3. The molecular formula is C28H35F2NO4. The molecule has 0 saturated carbocycles. The number of aryl methyl sites for hydroxylation is 1. The van der Waals surface area contributed by atoms with E-state index in [1.165, 1.54) is 10.9 Å². The highest BCUT2D eigenvalue weighted by Crippen LogP contribution is 2.44. The first-order chi connectivity index (χ1) is 16.8. The molecule has 3 aromatic carbocycles. The summed E-state index contributed by atoms with van der Waals surface area (Å²) in [5.74, 6) is -1.08. The maximum absolute atomic E-state index is 13.6. The van der Waals surface area contributed by atoms with Crippen LogP contribution in [0.15, 0.2) is 48.5 Å². The number of rotatable bonds is 5. The molecule has 0 spiro atoms. The Morgan fingerprint density at radius 1 is 0.971 bits per heavy atom. The van der Waals surface area contributed by atoms with Crippen LogP contribution < -0.4 is 9.47 Å². The molecule has 0 aromatic heterocycles. The van der Waals surface area contributed by atoms with E-state index in [0.717, 1.165) is 33.6 Å². The molecule has 190 valence electrons. The fourth-order valence-electron chi connectivity index (χ4n) is 4.35. The van der Waals surface area contributed by atoms with Gasteiger partial charge in [-0.05, 0) is 34.9 Å². The Morgan fingerprint density at radius 2 is 1.57 bits per heavy atom. The van der Waals surface area contributed by atoms with E-state index in [4.69, 9.17) is 19.4 Å². The molecule has 1 fully saturated rings. The van der Waals surface area contributed by atoms with Crippen LogP contribution in [-0.4, -0.2) is 49.7 Å². The molecule has 1 heterocycles. The molecule has 4 rings (SSSR count). The summed E-state index contributed by atoms with van der Waals surface area (Å²) in [5.41, 5.74) is 4.12. The maximum atomic E-state index is 13.6.